The van der Waals surface area contributed by atoms with Gasteiger partial charge in [-0.25, -0.2) is 0 Å². The average molecular weight is 353 g/mol. The van der Waals surface area contributed by atoms with Gasteiger partial charge >= 0.3 is 0 Å². The molecule has 6 heteroatoms. The molecule has 0 aliphatic carbocycles. The first-order valence-corrected chi connectivity index (χ1v) is 8.84. The zero-order valence-electron chi connectivity index (χ0n) is 14.3. The number of rotatable bonds is 6. The van der Waals surface area contributed by atoms with Crippen molar-refractivity contribution < 1.29 is 14.3 Å². The molecule has 0 unspecified atom stereocenters. The average Bonchev–Trinajstić information content (AvgIpc) is 2.60. The number of amides is 2. The van der Waals surface area contributed by atoms with Gasteiger partial charge in [-0.1, -0.05) is 24.6 Å². The van der Waals surface area contributed by atoms with E-state index in [0.717, 1.165) is 24.8 Å². The van der Waals surface area contributed by atoms with E-state index in [2.05, 4.69) is 5.32 Å². The van der Waals surface area contributed by atoms with E-state index >= 15 is 0 Å². The Morgan fingerprint density at radius 2 is 2.17 bits per heavy atom. The maximum atomic E-state index is 12.6. The van der Waals surface area contributed by atoms with Crippen molar-refractivity contribution in [1.82, 2.24) is 10.2 Å². The van der Waals surface area contributed by atoms with Crippen LogP contribution in [0.5, 0.6) is 5.75 Å². The lowest BCUT2D eigenvalue weighted by molar-refractivity contribution is -0.142. The minimum absolute atomic E-state index is 0.0627. The smallest absolute Gasteiger partial charge is 0.243 e. The number of hydrogen-bond donors (Lipinski definition) is 1. The lowest BCUT2D eigenvalue weighted by Crippen LogP contribution is -2.51. The summed E-state index contributed by atoms with van der Waals surface area (Å²) in [5, 5.41) is 3.47. The highest BCUT2D eigenvalue weighted by atomic mass is 35.5. The molecule has 1 aromatic carbocycles. The summed E-state index contributed by atoms with van der Waals surface area (Å²) in [5.41, 5.74) is 0.747. The van der Waals surface area contributed by atoms with Crippen LogP contribution in [0.15, 0.2) is 18.2 Å². The fourth-order valence-electron chi connectivity index (χ4n) is 3.06. The lowest BCUT2D eigenvalue weighted by atomic mass is 10.0. The Morgan fingerprint density at radius 1 is 1.38 bits per heavy atom. The number of carbonyl (C=O) groups is 2. The number of nitrogens with one attached hydrogen (secondary N) is 1. The van der Waals surface area contributed by atoms with Gasteiger partial charge in [0.1, 0.15) is 11.8 Å². The molecule has 0 aromatic heterocycles. The van der Waals surface area contributed by atoms with E-state index in [1.165, 1.54) is 0 Å². The Bertz CT molecular complexity index is 592. The van der Waals surface area contributed by atoms with Crippen molar-refractivity contribution in [2.75, 3.05) is 13.7 Å². The van der Waals surface area contributed by atoms with Crippen molar-refractivity contribution in [3.63, 3.8) is 0 Å². The third-order valence-corrected chi connectivity index (χ3v) is 4.68. The number of methoxy groups -OCH3 is 1. The van der Waals surface area contributed by atoms with Crippen LogP contribution in [0, 0.1) is 0 Å². The fraction of sp³-hybridized carbons (Fsp3) is 0.556. The van der Waals surface area contributed by atoms with E-state index in [1.807, 2.05) is 13.0 Å². The molecule has 1 fully saturated rings. The van der Waals surface area contributed by atoms with E-state index < -0.39 is 0 Å². The van der Waals surface area contributed by atoms with Gasteiger partial charge in [-0.15, -0.1) is 0 Å². The van der Waals surface area contributed by atoms with Crippen molar-refractivity contribution in [3.05, 3.63) is 28.8 Å². The Hall–Kier alpha value is -1.75. The minimum atomic E-state index is -0.383. The molecule has 2 amide bonds. The molecule has 1 atom stereocenters. The molecule has 1 aromatic rings. The summed E-state index contributed by atoms with van der Waals surface area (Å²) < 4.78 is 5.29. The molecular weight excluding hydrogens is 328 g/mol. The van der Waals surface area contributed by atoms with Crippen LogP contribution in [0.2, 0.25) is 5.02 Å². The number of carbonyl (C=O) groups excluding carboxylic acids is 2. The second kappa shape index (κ2) is 8.92. The summed E-state index contributed by atoms with van der Waals surface area (Å²) in [4.78, 5) is 26.6. The first kappa shape index (κ1) is 18.6. The predicted molar refractivity (Wildman–Crippen MR) is 94.1 cm³/mol. The third kappa shape index (κ3) is 4.41. The van der Waals surface area contributed by atoms with Crippen LogP contribution in [0.3, 0.4) is 0 Å². The van der Waals surface area contributed by atoms with Crippen LogP contribution in [-0.2, 0) is 16.1 Å². The first-order chi connectivity index (χ1) is 11.6. The van der Waals surface area contributed by atoms with Crippen LogP contribution in [0.1, 0.15) is 44.6 Å². The summed E-state index contributed by atoms with van der Waals surface area (Å²) in [6.07, 6.45) is 3.91. The number of hydrogen-bond acceptors (Lipinski definition) is 3. The van der Waals surface area contributed by atoms with E-state index in [4.69, 9.17) is 16.3 Å². The molecule has 1 aliphatic heterocycles. The van der Waals surface area contributed by atoms with Gasteiger partial charge in [0, 0.05) is 30.1 Å². The Morgan fingerprint density at radius 3 is 2.88 bits per heavy atom. The number of halogens is 1. The van der Waals surface area contributed by atoms with Crippen LogP contribution < -0.4 is 10.1 Å². The second-order valence-corrected chi connectivity index (χ2v) is 6.39. The maximum Gasteiger partial charge on any atom is 0.243 e. The normalized spacial score (nSPS) is 17.5. The number of ether oxygens (including phenoxy) is 1. The third-order valence-electron chi connectivity index (χ3n) is 4.32. The standard InChI is InChI=1S/C18H25ClN2O3/c1-3-7-17(22)21-11-5-4-9-15(21)18(23)20-12-13-14(19)8-6-10-16(13)24-2/h6,8,10,15H,3-5,7,9,11-12H2,1-2H3,(H,20,23)/t15-/m1/s1. The SMILES string of the molecule is CCCC(=O)N1CCCC[C@@H]1C(=O)NCc1c(Cl)cccc1OC. The van der Waals surface area contributed by atoms with Gasteiger partial charge in [0.05, 0.1) is 7.11 Å². The van der Waals surface area contributed by atoms with Crippen LogP contribution in [-0.4, -0.2) is 36.4 Å². The second-order valence-electron chi connectivity index (χ2n) is 5.99. The van der Waals surface area contributed by atoms with E-state index in [0.29, 0.717) is 30.2 Å². The number of likely N-dealkylation sites (tertiary alicyclic amines) is 1. The van der Waals surface area contributed by atoms with E-state index in [1.54, 1.807) is 24.1 Å². The number of nitrogens with zero attached hydrogens (tertiary/aromatic N) is 1. The van der Waals surface area contributed by atoms with Gasteiger partial charge in [0.15, 0.2) is 0 Å². The van der Waals surface area contributed by atoms with Gasteiger partial charge in [-0.2, -0.15) is 0 Å². The molecule has 0 spiro atoms. The highest BCUT2D eigenvalue weighted by Crippen LogP contribution is 2.26. The lowest BCUT2D eigenvalue weighted by Gasteiger charge is -2.34. The monoisotopic (exact) mass is 352 g/mol. The van der Waals surface area contributed by atoms with Crippen LogP contribution >= 0.6 is 11.6 Å². The Balaban J connectivity index is 2.04. The van der Waals surface area contributed by atoms with Gasteiger partial charge in [0.25, 0.3) is 0 Å². The molecule has 0 radical (unpaired) electrons. The van der Waals surface area contributed by atoms with Gasteiger partial charge < -0.3 is 15.0 Å². The van der Waals surface area contributed by atoms with Crippen molar-refractivity contribution in [1.29, 1.82) is 0 Å². The molecule has 1 saturated heterocycles. The molecule has 1 N–H and O–H groups in total. The minimum Gasteiger partial charge on any atom is -0.496 e. The molecular formula is C18H25ClN2O3. The zero-order valence-corrected chi connectivity index (χ0v) is 15.1. The molecule has 1 aliphatic rings. The van der Waals surface area contributed by atoms with Crippen molar-refractivity contribution >= 4 is 23.4 Å². The summed E-state index contributed by atoms with van der Waals surface area (Å²) in [5.74, 6) is 0.583. The van der Waals surface area contributed by atoms with Gasteiger partial charge in [-0.05, 0) is 37.8 Å². The van der Waals surface area contributed by atoms with Crippen molar-refractivity contribution in [2.45, 2.75) is 51.6 Å². The largest absolute Gasteiger partial charge is 0.496 e. The molecule has 0 saturated carbocycles. The molecule has 24 heavy (non-hydrogen) atoms. The fourth-order valence-corrected chi connectivity index (χ4v) is 3.29. The quantitative estimate of drug-likeness (QED) is 0.855. The molecule has 5 nitrogen and oxygen atoms in total. The number of piperidine rings is 1. The molecule has 0 bridgehead atoms. The van der Waals surface area contributed by atoms with Crippen LogP contribution in [0.25, 0.3) is 0 Å². The van der Waals surface area contributed by atoms with Gasteiger partial charge in [0.2, 0.25) is 11.8 Å². The molecule has 132 valence electrons. The highest BCUT2D eigenvalue weighted by Gasteiger charge is 2.31. The summed E-state index contributed by atoms with van der Waals surface area (Å²) in [6, 6.07) is 5.00. The topological polar surface area (TPSA) is 58.6 Å². The maximum absolute atomic E-state index is 12.6. The van der Waals surface area contributed by atoms with E-state index in [-0.39, 0.29) is 24.4 Å². The van der Waals surface area contributed by atoms with Crippen molar-refractivity contribution in [2.24, 2.45) is 0 Å². The predicted octanol–water partition coefficient (Wildman–Crippen LogP) is 3.15. The first-order valence-electron chi connectivity index (χ1n) is 8.47. The molecule has 2 rings (SSSR count). The van der Waals surface area contributed by atoms with Crippen LogP contribution in [0.4, 0.5) is 0 Å². The van der Waals surface area contributed by atoms with Gasteiger partial charge in [-0.3, -0.25) is 9.59 Å². The Labute approximate surface area is 148 Å². The summed E-state index contributed by atoms with van der Waals surface area (Å²) >= 11 is 6.20. The Kier molecular flexibility index (Phi) is 6.91. The summed E-state index contributed by atoms with van der Waals surface area (Å²) in [7, 11) is 1.57. The van der Waals surface area contributed by atoms with E-state index in [9.17, 15) is 9.59 Å². The highest BCUT2D eigenvalue weighted by molar-refractivity contribution is 6.31. The number of benzene rings is 1. The molecule has 1 heterocycles. The zero-order chi connectivity index (χ0) is 17.5. The summed E-state index contributed by atoms with van der Waals surface area (Å²) in [6.45, 7) is 2.92. The van der Waals surface area contributed by atoms with Crippen molar-refractivity contribution in [3.8, 4) is 5.75 Å².